The van der Waals surface area contributed by atoms with Crippen LogP contribution in [0.15, 0.2) is 116 Å². The predicted octanol–water partition coefficient (Wildman–Crippen LogP) is 12.9. The maximum Gasteiger partial charge on any atom is 0.0998 e. The molecule has 0 unspecified atom stereocenters. The maximum absolute atomic E-state index is 10.4. The lowest BCUT2D eigenvalue weighted by atomic mass is 9.95. The summed E-state index contributed by atoms with van der Waals surface area (Å²) in [5.74, 6) is 0. The van der Waals surface area contributed by atoms with Crippen LogP contribution in [0.1, 0.15) is 46.2 Å². The Hall–Kier alpha value is -5.47. The van der Waals surface area contributed by atoms with Gasteiger partial charge in [-0.05, 0) is 85.0 Å². The maximum atomic E-state index is 10.4. The van der Waals surface area contributed by atoms with E-state index in [0.29, 0.717) is 5.56 Å². The molecule has 0 saturated heterocycles. The van der Waals surface area contributed by atoms with Gasteiger partial charge in [0.2, 0.25) is 0 Å². The van der Waals surface area contributed by atoms with Crippen molar-refractivity contribution in [1.82, 2.24) is 4.57 Å². The molecule has 0 atom stereocenters. The first kappa shape index (κ1) is 28.7. The number of hydrogen-bond acceptors (Lipinski definition) is 3. The van der Waals surface area contributed by atoms with Gasteiger partial charge in [0.25, 0.3) is 0 Å². The van der Waals surface area contributed by atoms with E-state index >= 15 is 0 Å². The quantitative estimate of drug-likeness (QED) is 0.182. The zero-order valence-electron chi connectivity index (χ0n) is 26.5. The molecule has 0 N–H and O–H groups in total. The second kappa shape index (κ2) is 11.3. The fourth-order valence-corrected chi connectivity index (χ4v) is 9.67. The van der Waals surface area contributed by atoms with Gasteiger partial charge in [-0.1, -0.05) is 85.5 Å². The molecular weight excluding hydrogens is 621 g/mol. The number of nitrogens with zero attached hydrogens (tertiary/aromatic N) is 2. The highest BCUT2D eigenvalue weighted by atomic mass is 32.1. The van der Waals surface area contributed by atoms with Gasteiger partial charge in [0.1, 0.15) is 0 Å². The minimum Gasteiger partial charge on any atom is -0.312 e. The van der Waals surface area contributed by atoms with Crippen LogP contribution in [-0.4, -0.2) is 4.57 Å². The molecule has 0 amide bonds. The zero-order valence-corrected chi connectivity index (χ0v) is 28.1. The summed E-state index contributed by atoms with van der Waals surface area (Å²) in [6, 6.07) is 39.4. The number of thiophene rings is 2. The van der Waals surface area contributed by atoms with Crippen molar-refractivity contribution in [2.45, 2.75) is 19.8 Å². The van der Waals surface area contributed by atoms with Crippen molar-refractivity contribution in [2.24, 2.45) is 0 Å². The Morgan fingerprint density at radius 2 is 1.62 bits per heavy atom. The van der Waals surface area contributed by atoms with E-state index in [9.17, 15) is 5.26 Å². The van der Waals surface area contributed by atoms with Gasteiger partial charge >= 0.3 is 0 Å². The van der Waals surface area contributed by atoms with Gasteiger partial charge in [-0.25, -0.2) is 0 Å². The van der Waals surface area contributed by atoms with Crippen LogP contribution in [0.2, 0.25) is 0 Å². The molecule has 0 spiro atoms. The van der Waals surface area contributed by atoms with Gasteiger partial charge in [0.05, 0.1) is 22.8 Å². The molecule has 48 heavy (non-hydrogen) atoms. The van der Waals surface area contributed by atoms with Crippen LogP contribution >= 0.6 is 22.7 Å². The average molecular weight is 651 g/mol. The third-order valence-corrected chi connectivity index (χ3v) is 12.0. The summed E-state index contributed by atoms with van der Waals surface area (Å²) >= 11 is 3.64. The molecule has 4 heteroatoms. The van der Waals surface area contributed by atoms with Gasteiger partial charge < -0.3 is 4.57 Å². The predicted molar refractivity (Wildman–Crippen MR) is 209 cm³/mol. The van der Waals surface area contributed by atoms with Crippen LogP contribution in [0.4, 0.5) is 0 Å². The molecule has 5 aromatic carbocycles. The lowest BCUT2D eigenvalue weighted by Crippen LogP contribution is -2.05. The lowest BCUT2D eigenvalue weighted by molar-refractivity contribution is 0.889. The lowest BCUT2D eigenvalue weighted by Gasteiger charge is -2.18. The highest BCUT2D eigenvalue weighted by Crippen LogP contribution is 2.44. The third-order valence-electron chi connectivity index (χ3n) is 9.66. The Bertz CT molecular complexity index is 2700. The van der Waals surface area contributed by atoms with E-state index < -0.39 is 0 Å². The van der Waals surface area contributed by atoms with Crippen LogP contribution in [-0.2, 0) is 6.42 Å². The Balaban J connectivity index is 1.27. The fourth-order valence-electron chi connectivity index (χ4n) is 7.43. The van der Waals surface area contributed by atoms with Crippen molar-refractivity contribution in [2.75, 3.05) is 0 Å². The van der Waals surface area contributed by atoms with E-state index in [-0.39, 0.29) is 0 Å². The topological polar surface area (TPSA) is 28.7 Å². The molecule has 228 valence electrons. The second-order valence-corrected chi connectivity index (χ2v) is 14.6. The summed E-state index contributed by atoms with van der Waals surface area (Å²) in [7, 11) is 0. The van der Waals surface area contributed by atoms with E-state index in [1.165, 1.54) is 74.0 Å². The van der Waals surface area contributed by atoms with Crippen molar-refractivity contribution in [3.05, 3.63) is 149 Å². The van der Waals surface area contributed by atoms with Crippen molar-refractivity contribution in [3.8, 4) is 22.9 Å². The monoisotopic (exact) mass is 650 g/mol. The number of rotatable bonds is 5. The number of benzene rings is 5. The minimum atomic E-state index is 0.684. The number of para-hydroxylation sites is 1. The summed E-state index contributed by atoms with van der Waals surface area (Å²) in [6.07, 6.45) is 10.8. The zero-order chi connectivity index (χ0) is 32.4. The van der Waals surface area contributed by atoms with Crippen LogP contribution < -0.4 is 0 Å². The molecular formula is C44H30N2S2. The van der Waals surface area contributed by atoms with Crippen molar-refractivity contribution >= 4 is 87.6 Å². The summed E-state index contributed by atoms with van der Waals surface area (Å²) in [5, 5.41) is 15.4. The van der Waals surface area contributed by atoms with Crippen molar-refractivity contribution in [1.29, 1.82) is 5.26 Å². The van der Waals surface area contributed by atoms with Gasteiger partial charge in [-0.3, -0.25) is 0 Å². The Kier molecular flexibility index (Phi) is 6.79. The third kappa shape index (κ3) is 4.43. The molecule has 0 radical (unpaired) electrons. The number of hydrogen-bond donors (Lipinski definition) is 0. The SMILES string of the molecule is C=Cc1sc2cc3sc4ccc(-c5c(C#N)cccc5-n5c6c(c7ccccc75)C=CCC6)cc4c3cc2c1/C=C(\C)c1ccccc1. The van der Waals surface area contributed by atoms with E-state index in [2.05, 4.69) is 133 Å². The molecule has 1 aliphatic rings. The number of allylic oxidation sites excluding steroid dienone is 2. The van der Waals surface area contributed by atoms with Crippen LogP contribution in [0.3, 0.4) is 0 Å². The Morgan fingerprint density at radius 1 is 0.812 bits per heavy atom. The summed E-state index contributed by atoms with van der Waals surface area (Å²) in [6.45, 7) is 6.34. The molecule has 3 aromatic heterocycles. The first-order chi connectivity index (χ1) is 23.6. The van der Waals surface area contributed by atoms with Gasteiger partial charge in [0.15, 0.2) is 0 Å². The summed E-state index contributed by atoms with van der Waals surface area (Å²) in [4.78, 5) is 1.19. The highest BCUT2D eigenvalue weighted by Gasteiger charge is 2.22. The molecule has 3 heterocycles. The minimum absolute atomic E-state index is 0.684. The molecule has 0 saturated carbocycles. The number of aromatic nitrogens is 1. The van der Waals surface area contributed by atoms with E-state index in [0.717, 1.165) is 29.7 Å². The molecule has 9 rings (SSSR count). The fraction of sp³-hybridized carbons (Fsp3) is 0.0682. The second-order valence-electron chi connectivity index (χ2n) is 12.4. The smallest absolute Gasteiger partial charge is 0.0998 e. The van der Waals surface area contributed by atoms with Crippen molar-refractivity contribution < 1.29 is 0 Å². The Morgan fingerprint density at radius 3 is 2.48 bits per heavy atom. The molecule has 2 nitrogen and oxygen atoms in total. The van der Waals surface area contributed by atoms with Crippen molar-refractivity contribution in [3.63, 3.8) is 0 Å². The Labute approximate surface area is 287 Å². The highest BCUT2D eigenvalue weighted by molar-refractivity contribution is 7.26. The van der Waals surface area contributed by atoms with Gasteiger partial charge in [0, 0.05) is 62.9 Å². The molecule has 1 aliphatic carbocycles. The summed E-state index contributed by atoms with van der Waals surface area (Å²) < 4.78 is 6.19. The summed E-state index contributed by atoms with van der Waals surface area (Å²) in [5.41, 5.74) is 11.2. The molecule has 0 aliphatic heterocycles. The first-order valence-electron chi connectivity index (χ1n) is 16.2. The van der Waals surface area contributed by atoms with Crippen LogP contribution in [0.25, 0.3) is 81.8 Å². The first-order valence-corrected chi connectivity index (χ1v) is 17.9. The number of fused-ring (bicyclic) bond motifs is 7. The van der Waals surface area contributed by atoms with E-state index in [4.69, 9.17) is 0 Å². The normalized spacial score (nSPS) is 13.0. The van der Waals surface area contributed by atoms with Gasteiger partial charge in [-0.2, -0.15) is 5.26 Å². The number of nitriles is 1. The standard InChI is InChI=1S/C44H30N2S2/c1-3-40-33(22-27(2)28-12-5-4-6-13-28)35-24-36-34-23-29(20-21-41(34)48-43(36)25-42(35)47-40)44-30(26-45)14-11-19-39(44)46-37-17-9-7-15-31(37)32-16-8-10-18-38(32)46/h3-9,11-17,19-25H,1,10,18H2,2H3/b27-22+. The van der Waals surface area contributed by atoms with E-state index in [1.54, 1.807) is 11.3 Å². The van der Waals surface area contributed by atoms with Gasteiger partial charge in [-0.15, -0.1) is 22.7 Å². The largest absolute Gasteiger partial charge is 0.312 e. The van der Waals surface area contributed by atoms with E-state index in [1.807, 2.05) is 29.5 Å². The van der Waals surface area contributed by atoms with Crippen LogP contribution in [0.5, 0.6) is 0 Å². The molecule has 0 fully saturated rings. The van der Waals surface area contributed by atoms with Crippen LogP contribution in [0, 0.1) is 11.3 Å². The average Bonchev–Trinajstić information content (AvgIpc) is 3.79. The molecule has 0 bridgehead atoms. The molecule has 8 aromatic rings.